The fraction of sp³-hybridized carbons (Fsp3) is 0.750. The van der Waals surface area contributed by atoms with E-state index in [4.69, 9.17) is 4.74 Å². The van der Waals surface area contributed by atoms with Crippen LogP contribution in [0.15, 0.2) is 5.57 Å². The highest BCUT2D eigenvalue weighted by molar-refractivity contribution is 5.51. The summed E-state index contributed by atoms with van der Waals surface area (Å²) < 4.78 is 5.17. The van der Waals surface area contributed by atoms with Crippen LogP contribution >= 0.6 is 0 Å². The molecule has 0 aliphatic carbocycles. The summed E-state index contributed by atoms with van der Waals surface area (Å²) in [7, 11) is 0. The number of carbonyl (C=O) groups excluding carboxylic acids is 1. The molecule has 0 saturated carbocycles. The van der Waals surface area contributed by atoms with Crippen molar-refractivity contribution in [3.05, 3.63) is 5.57 Å². The third-order valence-corrected chi connectivity index (χ3v) is 1.74. The van der Waals surface area contributed by atoms with Gasteiger partial charge < -0.3 is 4.74 Å². The predicted octanol–water partition coefficient (Wildman–Crippen LogP) is 0.0965. The summed E-state index contributed by atoms with van der Waals surface area (Å²) in [5, 5.41) is 0. The van der Waals surface area contributed by atoms with Gasteiger partial charge in [0.2, 0.25) is 0 Å². The smallest absolute Gasteiger partial charge is 0.124 e. The van der Waals surface area contributed by atoms with Gasteiger partial charge in [-0.2, -0.15) is 0 Å². The van der Waals surface area contributed by atoms with Gasteiger partial charge in [-0.1, -0.05) is 0 Å². The standard InChI is InChI=1S/C8H13NO2/c1-8(7-10)6-9-2-4-11-5-3-9/h2-6H2,1H3. The number of morpholine rings is 1. The van der Waals surface area contributed by atoms with Crippen molar-refractivity contribution < 1.29 is 9.53 Å². The molecule has 0 amide bonds. The van der Waals surface area contributed by atoms with E-state index >= 15 is 0 Å². The Morgan fingerprint density at radius 1 is 1.55 bits per heavy atom. The minimum Gasteiger partial charge on any atom is -0.379 e. The minimum absolute atomic E-state index is 0.743. The molecule has 0 aromatic rings. The van der Waals surface area contributed by atoms with Crippen LogP contribution in [-0.4, -0.2) is 43.7 Å². The van der Waals surface area contributed by atoms with Gasteiger partial charge >= 0.3 is 0 Å². The van der Waals surface area contributed by atoms with Crippen LogP contribution in [-0.2, 0) is 9.53 Å². The normalized spacial score (nSPS) is 19.4. The highest BCUT2D eigenvalue weighted by Gasteiger charge is 2.09. The summed E-state index contributed by atoms with van der Waals surface area (Å²) >= 11 is 0. The highest BCUT2D eigenvalue weighted by atomic mass is 16.5. The lowest BCUT2D eigenvalue weighted by atomic mass is 10.3. The third kappa shape index (κ3) is 2.85. The summed E-state index contributed by atoms with van der Waals surface area (Å²) in [5.74, 6) is 1.90. The largest absolute Gasteiger partial charge is 0.379 e. The molecule has 0 spiro atoms. The van der Waals surface area contributed by atoms with E-state index in [1.165, 1.54) is 0 Å². The Kier molecular flexibility index (Phi) is 3.30. The third-order valence-electron chi connectivity index (χ3n) is 1.74. The van der Waals surface area contributed by atoms with Crippen molar-refractivity contribution in [2.45, 2.75) is 6.92 Å². The average molecular weight is 155 g/mol. The van der Waals surface area contributed by atoms with E-state index in [1.807, 2.05) is 12.9 Å². The van der Waals surface area contributed by atoms with Gasteiger partial charge in [0.1, 0.15) is 5.94 Å². The molecule has 1 rings (SSSR count). The fourth-order valence-corrected chi connectivity index (χ4v) is 1.13. The Morgan fingerprint density at radius 3 is 2.73 bits per heavy atom. The number of hydrogen-bond donors (Lipinski definition) is 0. The second kappa shape index (κ2) is 4.29. The molecule has 0 aromatic heterocycles. The zero-order chi connectivity index (χ0) is 8.10. The van der Waals surface area contributed by atoms with Crippen molar-refractivity contribution >= 4 is 5.94 Å². The lowest BCUT2D eigenvalue weighted by molar-refractivity contribution is 0.0424. The van der Waals surface area contributed by atoms with Gasteiger partial charge in [0.05, 0.1) is 13.2 Å². The van der Waals surface area contributed by atoms with E-state index in [9.17, 15) is 4.79 Å². The molecule has 1 aliphatic rings. The van der Waals surface area contributed by atoms with E-state index < -0.39 is 0 Å². The minimum atomic E-state index is 0.743. The molecule has 3 heteroatoms. The Bertz CT molecular complexity index is 167. The van der Waals surface area contributed by atoms with Gasteiger partial charge in [-0.05, 0) is 6.92 Å². The van der Waals surface area contributed by atoms with Crippen LogP contribution in [0.3, 0.4) is 0 Å². The summed E-state index contributed by atoms with van der Waals surface area (Å²) in [4.78, 5) is 12.4. The molecule has 0 N–H and O–H groups in total. The molecule has 1 aliphatic heterocycles. The lowest BCUT2D eigenvalue weighted by Gasteiger charge is -2.25. The maximum atomic E-state index is 10.2. The molecular weight excluding hydrogens is 142 g/mol. The maximum Gasteiger partial charge on any atom is 0.124 e. The molecule has 1 heterocycles. The van der Waals surface area contributed by atoms with Crippen molar-refractivity contribution in [2.75, 3.05) is 32.8 Å². The van der Waals surface area contributed by atoms with E-state index in [2.05, 4.69) is 4.90 Å². The fourth-order valence-electron chi connectivity index (χ4n) is 1.13. The molecule has 62 valence electrons. The van der Waals surface area contributed by atoms with E-state index in [0.717, 1.165) is 38.4 Å². The van der Waals surface area contributed by atoms with Gasteiger partial charge in [-0.25, -0.2) is 4.79 Å². The zero-order valence-electron chi connectivity index (χ0n) is 6.80. The van der Waals surface area contributed by atoms with Crippen LogP contribution in [0.5, 0.6) is 0 Å². The molecule has 1 saturated heterocycles. The number of nitrogens with zero attached hydrogens (tertiary/aromatic N) is 1. The summed E-state index contributed by atoms with van der Waals surface area (Å²) in [5.41, 5.74) is 0.770. The first-order valence-corrected chi connectivity index (χ1v) is 3.83. The van der Waals surface area contributed by atoms with E-state index in [-0.39, 0.29) is 0 Å². The molecule has 0 aromatic carbocycles. The Labute approximate surface area is 66.6 Å². The second-order valence-corrected chi connectivity index (χ2v) is 2.77. The van der Waals surface area contributed by atoms with Gasteiger partial charge in [-0.3, -0.25) is 4.90 Å². The van der Waals surface area contributed by atoms with Crippen molar-refractivity contribution in [3.8, 4) is 0 Å². The average Bonchev–Trinajstić information content (AvgIpc) is 2.06. The molecule has 0 bridgehead atoms. The first-order chi connectivity index (χ1) is 5.33. The summed E-state index contributed by atoms with van der Waals surface area (Å²) in [6.07, 6.45) is 0. The molecule has 0 radical (unpaired) electrons. The topological polar surface area (TPSA) is 29.5 Å². The molecule has 0 atom stereocenters. The molecule has 3 nitrogen and oxygen atoms in total. The van der Waals surface area contributed by atoms with Crippen LogP contribution in [0.25, 0.3) is 0 Å². The Morgan fingerprint density at radius 2 is 2.18 bits per heavy atom. The van der Waals surface area contributed by atoms with E-state index in [0.29, 0.717) is 0 Å². The van der Waals surface area contributed by atoms with Crippen LogP contribution < -0.4 is 0 Å². The van der Waals surface area contributed by atoms with Crippen LogP contribution in [0, 0.1) is 0 Å². The zero-order valence-corrected chi connectivity index (χ0v) is 6.80. The van der Waals surface area contributed by atoms with Crippen LogP contribution in [0.4, 0.5) is 0 Å². The monoisotopic (exact) mass is 155 g/mol. The quantitative estimate of drug-likeness (QED) is 0.529. The maximum absolute atomic E-state index is 10.2. The van der Waals surface area contributed by atoms with Crippen LogP contribution in [0.1, 0.15) is 6.92 Å². The van der Waals surface area contributed by atoms with Crippen molar-refractivity contribution in [1.29, 1.82) is 0 Å². The van der Waals surface area contributed by atoms with E-state index in [1.54, 1.807) is 0 Å². The van der Waals surface area contributed by atoms with Gasteiger partial charge in [0.25, 0.3) is 0 Å². The SMILES string of the molecule is CC(=C=O)CN1CCOCC1. The number of hydrogen-bond acceptors (Lipinski definition) is 3. The number of ether oxygens (including phenoxy) is 1. The van der Waals surface area contributed by atoms with Crippen molar-refractivity contribution in [1.82, 2.24) is 4.90 Å². The lowest BCUT2D eigenvalue weighted by Crippen LogP contribution is -2.37. The Balaban J connectivity index is 2.30. The molecule has 1 fully saturated rings. The summed E-state index contributed by atoms with van der Waals surface area (Å²) in [6.45, 7) is 5.98. The van der Waals surface area contributed by atoms with Crippen molar-refractivity contribution in [3.63, 3.8) is 0 Å². The van der Waals surface area contributed by atoms with Gasteiger partial charge in [-0.15, -0.1) is 0 Å². The first-order valence-electron chi connectivity index (χ1n) is 3.83. The number of rotatable bonds is 2. The Hall–Kier alpha value is -0.630. The molecule has 0 unspecified atom stereocenters. The van der Waals surface area contributed by atoms with Gasteiger partial charge in [0.15, 0.2) is 0 Å². The van der Waals surface area contributed by atoms with Crippen molar-refractivity contribution in [2.24, 2.45) is 0 Å². The predicted molar refractivity (Wildman–Crippen MR) is 42.1 cm³/mol. The van der Waals surface area contributed by atoms with Gasteiger partial charge in [0, 0.05) is 25.2 Å². The second-order valence-electron chi connectivity index (χ2n) is 2.77. The molecular formula is C8H13NO2. The van der Waals surface area contributed by atoms with Crippen LogP contribution in [0.2, 0.25) is 0 Å². The first kappa shape index (κ1) is 8.47. The summed E-state index contributed by atoms with van der Waals surface area (Å²) in [6, 6.07) is 0. The molecule has 11 heavy (non-hydrogen) atoms. The highest BCUT2D eigenvalue weighted by Crippen LogP contribution is 1.99.